The van der Waals surface area contributed by atoms with Gasteiger partial charge in [0.2, 0.25) is 10.0 Å². The summed E-state index contributed by atoms with van der Waals surface area (Å²) in [6.45, 7) is 2.10. The molecule has 1 aliphatic carbocycles. The van der Waals surface area contributed by atoms with E-state index < -0.39 is 81.6 Å². The van der Waals surface area contributed by atoms with Crippen molar-refractivity contribution in [2.45, 2.75) is 76.4 Å². The molecule has 0 unspecified atom stereocenters. The maximum atomic E-state index is 13.8. The first kappa shape index (κ1) is 32.9. The Bertz CT molecular complexity index is 1450. The van der Waals surface area contributed by atoms with E-state index in [1.54, 1.807) is 13.8 Å². The number of ether oxygens (including phenoxy) is 1. The number of carbonyl (C=O) groups is 1. The molecule has 2 aromatic rings. The number of sulfonamides is 1. The average molecular weight is 647 g/mol. The molecule has 1 fully saturated rings. The van der Waals surface area contributed by atoms with E-state index in [1.807, 2.05) is 0 Å². The third-order valence-electron chi connectivity index (χ3n) is 7.23. The Kier molecular flexibility index (Phi) is 8.54. The zero-order valence-corrected chi connectivity index (χ0v) is 23.8. The van der Waals surface area contributed by atoms with Crippen LogP contribution < -0.4 is 4.90 Å². The molecule has 238 valence electrons. The van der Waals surface area contributed by atoms with Crippen LogP contribution in [0.25, 0.3) is 0 Å². The molecule has 0 saturated heterocycles. The highest BCUT2D eigenvalue weighted by Crippen LogP contribution is 2.50. The molecule has 4 rings (SSSR count). The molecule has 2 atom stereocenters. The molecule has 0 N–H and O–H groups in total. The highest BCUT2D eigenvalue weighted by atomic mass is 32.2. The van der Waals surface area contributed by atoms with Crippen molar-refractivity contribution in [1.82, 2.24) is 4.31 Å². The Labute approximate surface area is 241 Å². The first-order valence-corrected chi connectivity index (χ1v) is 14.9. The summed E-state index contributed by atoms with van der Waals surface area (Å²) in [6, 6.07) is 0.733. The second-order valence-corrected chi connectivity index (χ2v) is 12.9. The van der Waals surface area contributed by atoms with Crippen molar-refractivity contribution in [3.8, 4) is 0 Å². The van der Waals surface area contributed by atoms with Gasteiger partial charge in [-0.3, -0.25) is 4.90 Å². The smallest absolute Gasteiger partial charge is 0.416 e. The monoisotopic (exact) mass is 646 g/mol. The van der Waals surface area contributed by atoms with Crippen LogP contribution in [-0.4, -0.2) is 37.2 Å². The van der Waals surface area contributed by atoms with Crippen LogP contribution in [0.3, 0.4) is 0 Å². The van der Waals surface area contributed by atoms with E-state index in [9.17, 15) is 52.7 Å². The number of anilines is 1. The molecule has 1 amide bonds. The molecule has 2 aromatic carbocycles. The lowest BCUT2D eigenvalue weighted by atomic mass is 9.87. The molecule has 43 heavy (non-hydrogen) atoms. The number of halogens is 9. The zero-order valence-electron chi connectivity index (χ0n) is 22.9. The van der Waals surface area contributed by atoms with Crippen LogP contribution in [0, 0.1) is 5.92 Å². The highest BCUT2D eigenvalue weighted by Gasteiger charge is 2.48. The molecule has 6 nitrogen and oxygen atoms in total. The molecule has 16 heteroatoms. The summed E-state index contributed by atoms with van der Waals surface area (Å²) >= 11 is 0. The number of alkyl halides is 9. The quantitative estimate of drug-likeness (QED) is 0.301. The summed E-state index contributed by atoms with van der Waals surface area (Å²) in [5.41, 5.74) is -5.60. The number of hydrogen-bond acceptors (Lipinski definition) is 4. The van der Waals surface area contributed by atoms with Gasteiger partial charge in [-0.05, 0) is 86.6 Å². The van der Waals surface area contributed by atoms with Gasteiger partial charge in [-0.25, -0.2) is 13.2 Å². The molecule has 1 aliphatic heterocycles. The maximum absolute atomic E-state index is 13.8. The lowest BCUT2D eigenvalue weighted by Gasteiger charge is -2.44. The van der Waals surface area contributed by atoms with Gasteiger partial charge < -0.3 is 4.74 Å². The second-order valence-electron chi connectivity index (χ2n) is 11.0. The van der Waals surface area contributed by atoms with Gasteiger partial charge in [-0.2, -0.15) is 43.8 Å². The fourth-order valence-corrected chi connectivity index (χ4v) is 6.30. The van der Waals surface area contributed by atoms with Crippen molar-refractivity contribution in [1.29, 1.82) is 0 Å². The summed E-state index contributed by atoms with van der Waals surface area (Å²) in [4.78, 5) is 14.3. The van der Waals surface area contributed by atoms with Gasteiger partial charge in [0.15, 0.2) is 0 Å². The zero-order chi connectivity index (χ0) is 32.3. The van der Waals surface area contributed by atoms with Crippen molar-refractivity contribution < 1.29 is 57.5 Å². The number of benzene rings is 2. The van der Waals surface area contributed by atoms with Crippen LogP contribution in [0.5, 0.6) is 0 Å². The predicted molar refractivity (Wildman–Crippen MR) is 136 cm³/mol. The highest BCUT2D eigenvalue weighted by molar-refractivity contribution is 7.88. The molecular weight excluding hydrogens is 619 g/mol. The van der Waals surface area contributed by atoms with E-state index in [4.69, 9.17) is 4.74 Å². The lowest BCUT2D eigenvalue weighted by molar-refractivity contribution is -0.143. The van der Waals surface area contributed by atoms with Gasteiger partial charge in [0, 0.05) is 12.6 Å². The van der Waals surface area contributed by atoms with E-state index in [-0.39, 0.29) is 29.7 Å². The second kappa shape index (κ2) is 11.2. The van der Waals surface area contributed by atoms with Gasteiger partial charge in [0.1, 0.15) is 0 Å². The Morgan fingerprint density at radius 2 is 1.44 bits per heavy atom. The molecule has 1 heterocycles. The summed E-state index contributed by atoms with van der Waals surface area (Å²) in [7, 11) is -4.48. The van der Waals surface area contributed by atoms with Crippen LogP contribution in [0.1, 0.15) is 67.0 Å². The summed E-state index contributed by atoms with van der Waals surface area (Å²) in [6.07, 6.45) is -15.2. The molecular formula is C27H27F9N2O4S. The van der Waals surface area contributed by atoms with E-state index in [0.29, 0.717) is 47.7 Å². The van der Waals surface area contributed by atoms with Gasteiger partial charge >= 0.3 is 24.6 Å². The van der Waals surface area contributed by atoms with Crippen LogP contribution in [-0.2, 0) is 39.8 Å². The first-order chi connectivity index (χ1) is 19.6. The Morgan fingerprint density at radius 3 is 1.88 bits per heavy atom. The number of carbonyl (C=O) groups excluding carboxylic acids is 1. The standard InChI is InChI=1S/C27H27F9N2O4S/c1-14(2)42-24(39)38-21-7-6-17(25(28,29)30)11-20(21)23(12-22(38)16-4-5-16)37(43(3,40)41)13-15-8-18(26(31,32)33)10-19(9-15)27(34,35)36/h6-11,14,16,22-23H,4-5,12-13H2,1-3H3/t22-,23-/m0/s1. The van der Waals surface area contributed by atoms with Crippen molar-refractivity contribution >= 4 is 21.8 Å². The summed E-state index contributed by atoms with van der Waals surface area (Å²) < 4.78 is 155. The fraction of sp³-hybridized carbons (Fsp3) is 0.519. The van der Waals surface area contributed by atoms with Gasteiger partial charge in [-0.15, -0.1) is 0 Å². The largest absolute Gasteiger partial charge is 0.446 e. The maximum Gasteiger partial charge on any atom is 0.416 e. The van der Waals surface area contributed by atoms with E-state index in [2.05, 4.69) is 0 Å². The number of amides is 1. The first-order valence-electron chi connectivity index (χ1n) is 13.0. The number of nitrogens with zero attached hydrogens (tertiary/aromatic N) is 2. The van der Waals surface area contributed by atoms with E-state index in [1.165, 1.54) is 0 Å². The molecule has 0 radical (unpaired) electrons. The SMILES string of the molecule is CC(C)OC(=O)N1c2ccc(C(F)(F)F)cc2[C@@H](N(Cc2cc(C(F)(F)F)cc(C(F)(F)F)c2)S(C)(=O)=O)C[C@H]1C1CC1. The molecule has 0 spiro atoms. The Hall–Kier alpha value is -3.01. The minimum Gasteiger partial charge on any atom is -0.446 e. The van der Waals surface area contributed by atoms with Crippen molar-refractivity contribution in [2.75, 3.05) is 11.2 Å². The van der Waals surface area contributed by atoms with E-state index in [0.717, 1.165) is 11.0 Å². The molecule has 2 aliphatic rings. The third-order valence-corrected chi connectivity index (χ3v) is 8.46. The van der Waals surface area contributed by atoms with Crippen molar-refractivity contribution in [3.05, 3.63) is 64.2 Å². The van der Waals surface area contributed by atoms with Crippen LogP contribution in [0.2, 0.25) is 0 Å². The van der Waals surface area contributed by atoms with Gasteiger partial charge in [-0.1, -0.05) is 0 Å². The normalized spacial score (nSPS) is 20.0. The van der Waals surface area contributed by atoms with Crippen molar-refractivity contribution in [2.24, 2.45) is 5.92 Å². The van der Waals surface area contributed by atoms with Crippen molar-refractivity contribution in [3.63, 3.8) is 0 Å². The summed E-state index contributed by atoms with van der Waals surface area (Å²) in [5, 5.41) is 0. The Morgan fingerprint density at radius 1 is 0.907 bits per heavy atom. The van der Waals surface area contributed by atoms with E-state index >= 15 is 0 Å². The predicted octanol–water partition coefficient (Wildman–Crippen LogP) is 7.78. The third kappa shape index (κ3) is 7.39. The molecule has 0 aromatic heterocycles. The van der Waals surface area contributed by atoms with Gasteiger partial charge in [0.25, 0.3) is 0 Å². The minimum atomic E-state index is -5.21. The topological polar surface area (TPSA) is 66.9 Å². The fourth-order valence-electron chi connectivity index (χ4n) is 5.26. The van der Waals surface area contributed by atoms with Gasteiger partial charge in [0.05, 0.1) is 40.8 Å². The van der Waals surface area contributed by atoms with Crippen LogP contribution in [0.15, 0.2) is 36.4 Å². The average Bonchev–Trinajstić information content (AvgIpc) is 3.68. The molecule has 1 saturated carbocycles. The van der Waals surface area contributed by atoms with Crippen LogP contribution in [0.4, 0.5) is 50.0 Å². The number of hydrogen-bond donors (Lipinski definition) is 0. The number of rotatable bonds is 6. The Balaban J connectivity index is 1.91. The minimum absolute atomic E-state index is 0.0968. The summed E-state index contributed by atoms with van der Waals surface area (Å²) in [5.74, 6) is -0.190. The lowest BCUT2D eigenvalue weighted by Crippen LogP contribution is -2.50. The molecule has 0 bridgehead atoms. The van der Waals surface area contributed by atoms with Crippen LogP contribution >= 0.6 is 0 Å². The number of fused-ring (bicyclic) bond motifs is 1.